The second-order valence-electron chi connectivity index (χ2n) is 8.66. The fourth-order valence-electron chi connectivity index (χ4n) is 4.47. The van der Waals surface area contributed by atoms with E-state index in [2.05, 4.69) is 10.3 Å². The van der Waals surface area contributed by atoms with Crippen molar-refractivity contribution in [1.29, 1.82) is 0 Å². The predicted molar refractivity (Wildman–Crippen MR) is 116 cm³/mol. The number of nitrogens with zero attached hydrogens (tertiary/aromatic N) is 5. The van der Waals surface area contributed by atoms with E-state index >= 15 is 0 Å². The van der Waals surface area contributed by atoms with Crippen LogP contribution in [-0.4, -0.2) is 39.1 Å². The molecule has 2 aromatic heterocycles. The standard InChI is InChI=1S/C24H21N5O5/c1-27-19(24(32)34-26-27)13-28(15-10-11-15)18-12-21(30)29(23(18)31)16-8-6-14(7-9-16)22-25-17-4-2-3-5-20(17)33-22/h2-9,15,18H,10-13H2,1H3. The average molecular weight is 459 g/mol. The fourth-order valence-corrected chi connectivity index (χ4v) is 4.47. The number of amides is 2. The first-order chi connectivity index (χ1) is 16.5. The Kier molecular flexibility index (Phi) is 4.70. The third kappa shape index (κ3) is 3.43. The van der Waals surface area contributed by atoms with Gasteiger partial charge in [-0.3, -0.25) is 14.5 Å². The lowest BCUT2D eigenvalue weighted by Gasteiger charge is -2.25. The number of rotatable bonds is 6. The van der Waals surface area contributed by atoms with Gasteiger partial charge in [-0.2, -0.15) is 0 Å². The average Bonchev–Trinajstić information content (AvgIpc) is 3.41. The molecule has 6 rings (SSSR count). The zero-order chi connectivity index (χ0) is 23.4. The summed E-state index contributed by atoms with van der Waals surface area (Å²) in [6.07, 6.45) is 1.89. The van der Waals surface area contributed by atoms with Gasteiger partial charge in [0.15, 0.2) is 18.6 Å². The summed E-state index contributed by atoms with van der Waals surface area (Å²) in [5.74, 6) is -0.624. The van der Waals surface area contributed by atoms with Crippen molar-refractivity contribution in [2.24, 2.45) is 7.05 Å². The monoisotopic (exact) mass is 459 g/mol. The lowest BCUT2D eigenvalue weighted by atomic mass is 10.2. The van der Waals surface area contributed by atoms with Crippen molar-refractivity contribution in [3.8, 4) is 17.4 Å². The molecular formula is C24H21N5O5. The first kappa shape index (κ1) is 20.5. The maximum absolute atomic E-state index is 13.4. The molecule has 0 N–H and O–H groups in total. The Bertz CT molecular complexity index is 1350. The first-order valence-electron chi connectivity index (χ1n) is 11.1. The number of oxazole rings is 1. The molecule has 172 valence electrons. The molecule has 1 aliphatic heterocycles. The Morgan fingerprint density at radius 1 is 1.15 bits per heavy atom. The molecule has 1 unspecified atom stereocenters. The minimum atomic E-state index is -0.633. The number of hydrogen-bond acceptors (Lipinski definition) is 8. The number of aryl methyl sites for hydroxylation is 1. The van der Waals surface area contributed by atoms with E-state index in [1.54, 1.807) is 31.3 Å². The molecule has 2 aliphatic rings. The number of anilines is 1. The van der Waals surface area contributed by atoms with Crippen LogP contribution in [0.1, 0.15) is 25.0 Å². The normalized spacial score (nSPS) is 18.5. The van der Waals surface area contributed by atoms with E-state index in [0.29, 0.717) is 22.9 Å². The molecule has 2 fully saturated rings. The summed E-state index contributed by atoms with van der Waals surface area (Å²) in [5.41, 5.74) is 3.05. The van der Waals surface area contributed by atoms with E-state index < -0.39 is 12.0 Å². The molecule has 0 spiro atoms. The number of hydrogen-bond donors (Lipinski definition) is 0. The predicted octanol–water partition coefficient (Wildman–Crippen LogP) is 1.68. The van der Waals surface area contributed by atoms with Crippen LogP contribution in [0, 0.1) is 0 Å². The molecule has 1 aliphatic carbocycles. The second kappa shape index (κ2) is 7.77. The summed E-state index contributed by atoms with van der Waals surface area (Å²) >= 11 is 0. The number of aromatic nitrogens is 3. The van der Waals surface area contributed by atoms with Gasteiger partial charge in [-0.1, -0.05) is 16.8 Å². The largest absolute Gasteiger partial charge is 0.539 e. The molecule has 4 aromatic rings. The number of benzene rings is 2. The van der Waals surface area contributed by atoms with Gasteiger partial charge in [-0.05, 0) is 49.2 Å². The van der Waals surface area contributed by atoms with Crippen molar-refractivity contribution >= 4 is 28.6 Å². The maximum Gasteiger partial charge on any atom is 0.251 e. The molecule has 1 saturated heterocycles. The number of carbonyl (C=O) groups excluding carboxylic acids is 2. The van der Waals surface area contributed by atoms with Crippen LogP contribution in [0.5, 0.6) is 5.95 Å². The molecule has 0 radical (unpaired) electrons. The minimum absolute atomic E-state index is 0.0609. The third-order valence-electron chi connectivity index (χ3n) is 6.41. The molecule has 1 atom stereocenters. The maximum atomic E-state index is 13.4. The van der Waals surface area contributed by atoms with Gasteiger partial charge in [0.05, 0.1) is 30.0 Å². The highest BCUT2D eigenvalue weighted by Crippen LogP contribution is 2.36. The second-order valence-corrected chi connectivity index (χ2v) is 8.66. The number of imide groups is 1. The van der Waals surface area contributed by atoms with E-state index in [0.717, 1.165) is 23.9 Å². The van der Waals surface area contributed by atoms with Crippen LogP contribution in [0.25, 0.3) is 22.6 Å². The summed E-state index contributed by atoms with van der Waals surface area (Å²) in [4.78, 5) is 33.9. The Hall–Kier alpha value is -4.05. The molecule has 34 heavy (non-hydrogen) atoms. The van der Waals surface area contributed by atoms with Crippen molar-refractivity contribution in [3.63, 3.8) is 0 Å². The summed E-state index contributed by atoms with van der Waals surface area (Å²) in [5, 5.41) is 15.7. The van der Waals surface area contributed by atoms with Crippen LogP contribution in [0.15, 0.2) is 57.5 Å². The van der Waals surface area contributed by atoms with Gasteiger partial charge in [0.25, 0.3) is 5.91 Å². The van der Waals surface area contributed by atoms with Crippen molar-refractivity contribution in [2.75, 3.05) is 4.90 Å². The lowest BCUT2D eigenvalue weighted by Crippen LogP contribution is -2.46. The molecule has 10 nitrogen and oxygen atoms in total. The molecule has 1 saturated carbocycles. The van der Waals surface area contributed by atoms with Gasteiger partial charge in [0.2, 0.25) is 17.5 Å². The lowest BCUT2D eigenvalue weighted by molar-refractivity contribution is -0.747. The Morgan fingerprint density at radius 2 is 1.91 bits per heavy atom. The third-order valence-corrected chi connectivity index (χ3v) is 6.41. The molecular weight excluding hydrogens is 438 g/mol. The van der Waals surface area contributed by atoms with E-state index in [1.165, 1.54) is 9.58 Å². The van der Waals surface area contributed by atoms with E-state index in [9.17, 15) is 14.7 Å². The molecule has 3 heterocycles. The van der Waals surface area contributed by atoms with Crippen molar-refractivity contribution in [1.82, 2.24) is 15.2 Å². The van der Waals surface area contributed by atoms with Crippen LogP contribution in [0.2, 0.25) is 0 Å². The zero-order valence-electron chi connectivity index (χ0n) is 18.4. The summed E-state index contributed by atoms with van der Waals surface area (Å²) in [7, 11) is 1.62. The van der Waals surface area contributed by atoms with E-state index in [1.807, 2.05) is 29.2 Å². The van der Waals surface area contributed by atoms with Crippen molar-refractivity contribution < 1.29 is 28.3 Å². The van der Waals surface area contributed by atoms with Crippen LogP contribution in [0.3, 0.4) is 0 Å². The van der Waals surface area contributed by atoms with Crippen LogP contribution < -0.4 is 14.7 Å². The Balaban J connectivity index is 1.25. The van der Waals surface area contributed by atoms with E-state index in [-0.39, 0.29) is 30.8 Å². The first-order valence-corrected chi connectivity index (χ1v) is 11.1. The van der Waals surface area contributed by atoms with Gasteiger partial charge >= 0.3 is 0 Å². The van der Waals surface area contributed by atoms with Crippen molar-refractivity contribution in [2.45, 2.75) is 37.9 Å². The van der Waals surface area contributed by atoms with Gasteiger partial charge in [-0.25, -0.2) is 9.88 Å². The Morgan fingerprint density at radius 3 is 2.59 bits per heavy atom. The van der Waals surface area contributed by atoms with Gasteiger partial charge in [0, 0.05) is 11.6 Å². The van der Waals surface area contributed by atoms with Crippen LogP contribution in [0.4, 0.5) is 5.69 Å². The van der Waals surface area contributed by atoms with Gasteiger partial charge < -0.3 is 14.0 Å². The highest BCUT2D eigenvalue weighted by atomic mass is 16.6. The molecule has 2 amide bonds. The molecule has 2 aromatic carbocycles. The fraction of sp³-hybridized carbons (Fsp3) is 0.292. The smallest absolute Gasteiger partial charge is 0.251 e. The Labute approximate surface area is 194 Å². The van der Waals surface area contributed by atoms with Gasteiger partial charge in [0.1, 0.15) is 5.52 Å². The topological polar surface area (TPSA) is 120 Å². The van der Waals surface area contributed by atoms with Crippen LogP contribution >= 0.6 is 0 Å². The molecule has 0 bridgehead atoms. The zero-order valence-corrected chi connectivity index (χ0v) is 18.4. The SMILES string of the molecule is C[n+]1noc([O-])c1CN(C1CC1)C1CC(=O)N(c2ccc(-c3nc4ccccc4o3)cc2)C1=O. The highest BCUT2D eigenvalue weighted by Gasteiger charge is 2.47. The minimum Gasteiger partial charge on any atom is -0.539 e. The molecule has 10 heteroatoms. The number of carbonyl (C=O) groups is 2. The summed E-state index contributed by atoms with van der Waals surface area (Å²) in [6, 6.07) is 14.0. The number of fused-ring (bicyclic) bond motifs is 1. The van der Waals surface area contributed by atoms with Crippen LogP contribution in [-0.2, 0) is 23.2 Å². The van der Waals surface area contributed by atoms with Crippen molar-refractivity contribution in [3.05, 3.63) is 54.2 Å². The summed E-state index contributed by atoms with van der Waals surface area (Å²) in [6.45, 7) is 0.206. The number of para-hydroxylation sites is 2. The van der Waals surface area contributed by atoms with E-state index in [4.69, 9.17) is 8.94 Å². The highest BCUT2D eigenvalue weighted by molar-refractivity contribution is 6.22. The summed E-state index contributed by atoms with van der Waals surface area (Å²) < 4.78 is 11.9. The van der Waals surface area contributed by atoms with Gasteiger partial charge in [-0.15, -0.1) is 0 Å². The quantitative estimate of drug-likeness (QED) is 0.316.